The Morgan fingerprint density at radius 1 is 1.00 bits per heavy atom. The second-order valence-corrected chi connectivity index (χ2v) is 4.26. The van der Waals surface area contributed by atoms with Gasteiger partial charge >= 0.3 is 0 Å². The predicted molar refractivity (Wildman–Crippen MR) is 68.8 cm³/mol. The minimum atomic E-state index is -0.144. The van der Waals surface area contributed by atoms with E-state index in [0.717, 1.165) is 0 Å². The molecule has 2 atom stereocenters. The van der Waals surface area contributed by atoms with Gasteiger partial charge < -0.3 is 4.74 Å². The fourth-order valence-electron chi connectivity index (χ4n) is 1.29. The van der Waals surface area contributed by atoms with Crippen LogP contribution in [0.2, 0.25) is 0 Å². The number of Topliss-reactive ketones (excluding diaryl/α,β-unsaturated/α-hetero) is 2. The molecule has 0 fully saturated rings. The summed E-state index contributed by atoms with van der Waals surface area (Å²) in [4.78, 5) is 22.8. The van der Waals surface area contributed by atoms with Gasteiger partial charge in [0, 0.05) is 24.7 Å². The Morgan fingerprint density at radius 2 is 1.35 bits per heavy atom. The summed E-state index contributed by atoms with van der Waals surface area (Å²) in [5.41, 5.74) is 0. The van der Waals surface area contributed by atoms with Crippen LogP contribution in [0.1, 0.15) is 26.7 Å². The van der Waals surface area contributed by atoms with E-state index in [9.17, 15) is 9.59 Å². The van der Waals surface area contributed by atoms with Crippen LogP contribution < -0.4 is 0 Å². The fraction of sp³-hybridized carbons (Fsp3) is 0.571. The predicted octanol–water partition coefficient (Wildman–Crippen LogP) is 2.57. The Bertz CT molecular complexity index is 253. The SMILES string of the molecule is C=CCC(=O)C(C)COCC(C)C(=O)CC=C. The maximum absolute atomic E-state index is 11.4. The maximum atomic E-state index is 11.4. The van der Waals surface area contributed by atoms with Crippen molar-refractivity contribution in [1.82, 2.24) is 0 Å². The summed E-state index contributed by atoms with van der Waals surface area (Å²) in [5, 5.41) is 0. The summed E-state index contributed by atoms with van der Waals surface area (Å²) in [5.74, 6) is -0.0560. The molecule has 0 aromatic rings. The Labute approximate surface area is 104 Å². The highest BCUT2D eigenvalue weighted by Crippen LogP contribution is 2.06. The molecule has 0 aromatic heterocycles. The van der Waals surface area contributed by atoms with Gasteiger partial charge in [-0.05, 0) is 0 Å². The lowest BCUT2D eigenvalue weighted by Crippen LogP contribution is -2.21. The highest BCUT2D eigenvalue weighted by molar-refractivity contribution is 5.82. The van der Waals surface area contributed by atoms with Crippen molar-refractivity contribution in [3.05, 3.63) is 25.3 Å². The Kier molecular flexibility index (Phi) is 8.24. The zero-order valence-electron chi connectivity index (χ0n) is 10.8. The standard InChI is InChI=1S/C14H22O3/c1-5-7-13(15)11(3)9-17-10-12(4)14(16)8-6-2/h5-6,11-12H,1-2,7-10H2,3-4H3. The number of hydrogen-bond donors (Lipinski definition) is 0. The largest absolute Gasteiger partial charge is 0.380 e. The number of hydrogen-bond acceptors (Lipinski definition) is 3. The molecule has 0 rings (SSSR count). The van der Waals surface area contributed by atoms with Gasteiger partial charge in [0.05, 0.1) is 13.2 Å². The molecule has 0 saturated heterocycles. The van der Waals surface area contributed by atoms with Crippen molar-refractivity contribution in [1.29, 1.82) is 0 Å². The molecule has 96 valence electrons. The highest BCUT2D eigenvalue weighted by Gasteiger charge is 2.14. The molecule has 0 aliphatic rings. The molecule has 0 amide bonds. The smallest absolute Gasteiger partial charge is 0.141 e. The molecular formula is C14H22O3. The number of rotatable bonds is 10. The molecule has 2 unspecified atom stereocenters. The van der Waals surface area contributed by atoms with Crippen molar-refractivity contribution in [2.45, 2.75) is 26.7 Å². The summed E-state index contributed by atoms with van der Waals surface area (Å²) in [6.45, 7) is 11.4. The molecule has 0 aromatic carbocycles. The van der Waals surface area contributed by atoms with E-state index >= 15 is 0 Å². The molecule has 0 bridgehead atoms. The minimum Gasteiger partial charge on any atom is -0.380 e. The van der Waals surface area contributed by atoms with Crippen LogP contribution in [0.3, 0.4) is 0 Å². The third-order valence-corrected chi connectivity index (χ3v) is 2.53. The molecule has 0 heterocycles. The average molecular weight is 238 g/mol. The third kappa shape index (κ3) is 6.84. The van der Waals surface area contributed by atoms with Crippen LogP contribution in [0.5, 0.6) is 0 Å². The summed E-state index contributed by atoms with van der Waals surface area (Å²) < 4.78 is 5.38. The molecule has 0 N–H and O–H groups in total. The first-order valence-electron chi connectivity index (χ1n) is 5.87. The molecule has 0 aliphatic carbocycles. The Balaban J connectivity index is 3.82. The molecule has 3 heteroatoms. The van der Waals surface area contributed by atoms with Crippen LogP contribution >= 0.6 is 0 Å². The van der Waals surface area contributed by atoms with E-state index in [4.69, 9.17) is 4.74 Å². The molecule has 17 heavy (non-hydrogen) atoms. The van der Waals surface area contributed by atoms with Crippen molar-refractivity contribution in [3.63, 3.8) is 0 Å². The van der Waals surface area contributed by atoms with E-state index in [-0.39, 0.29) is 23.4 Å². The first-order chi connectivity index (χ1) is 8.02. The lowest BCUT2D eigenvalue weighted by molar-refractivity contribution is -0.125. The van der Waals surface area contributed by atoms with E-state index in [2.05, 4.69) is 13.2 Å². The van der Waals surface area contributed by atoms with E-state index < -0.39 is 0 Å². The number of carbonyl (C=O) groups is 2. The van der Waals surface area contributed by atoms with Gasteiger partial charge in [0.25, 0.3) is 0 Å². The number of allylic oxidation sites excluding steroid dienone is 2. The third-order valence-electron chi connectivity index (χ3n) is 2.53. The van der Waals surface area contributed by atoms with Gasteiger partial charge in [-0.2, -0.15) is 0 Å². The van der Waals surface area contributed by atoms with Gasteiger partial charge in [-0.3, -0.25) is 9.59 Å². The average Bonchev–Trinajstić information content (AvgIpc) is 2.29. The lowest BCUT2D eigenvalue weighted by Gasteiger charge is -2.13. The minimum absolute atomic E-state index is 0.116. The van der Waals surface area contributed by atoms with E-state index in [1.807, 2.05) is 13.8 Å². The van der Waals surface area contributed by atoms with E-state index in [1.54, 1.807) is 12.2 Å². The maximum Gasteiger partial charge on any atom is 0.141 e. The van der Waals surface area contributed by atoms with Crippen molar-refractivity contribution in [2.75, 3.05) is 13.2 Å². The molecule has 0 radical (unpaired) electrons. The van der Waals surface area contributed by atoms with Crippen LogP contribution in [0, 0.1) is 11.8 Å². The van der Waals surface area contributed by atoms with Crippen molar-refractivity contribution < 1.29 is 14.3 Å². The Hall–Kier alpha value is -1.22. The highest BCUT2D eigenvalue weighted by atomic mass is 16.5. The summed E-state index contributed by atoms with van der Waals surface area (Å²) in [6, 6.07) is 0. The van der Waals surface area contributed by atoms with Gasteiger partial charge in [0.2, 0.25) is 0 Å². The van der Waals surface area contributed by atoms with Crippen LogP contribution in [-0.4, -0.2) is 24.8 Å². The molecular weight excluding hydrogens is 216 g/mol. The van der Waals surface area contributed by atoms with Crippen molar-refractivity contribution in [2.24, 2.45) is 11.8 Å². The summed E-state index contributed by atoms with van der Waals surface area (Å²) >= 11 is 0. The molecule has 3 nitrogen and oxygen atoms in total. The van der Waals surface area contributed by atoms with Crippen molar-refractivity contribution >= 4 is 11.6 Å². The first kappa shape index (κ1) is 15.8. The van der Waals surface area contributed by atoms with Crippen LogP contribution in [0.15, 0.2) is 25.3 Å². The van der Waals surface area contributed by atoms with Crippen LogP contribution in [0.4, 0.5) is 0 Å². The van der Waals surface area contributed by atoms with Crippen LogP contribution in [-0.2, 0) is 14.3 Å². The van der Waals surface area contributed by atoms with Gasteiger partial charge in [0.15, 0.2) is 0 Å². The normalized spacial score (nSPS) is 13.8. The molecule has 0 spiro atoms. The number of ether oxygens (including phenoxy) is 1. The fourth-order valence-corrected chi connectivity index (χ4v) is 1.29. The monoisotopic (exact) mass is 238 g/mol. The van der Waals surface area contributed by atoms with Crippen molar-refractivity contribution in [3.8, 4) is 0 Å². The summed E-state index contributed by atoms with van der Waals surface area (Å²) in [7, 11) is 0. The first-order valence-corrected chi connectivity index (χ1v) is 5.87. The van der Waals surface area contributed by atoms with E-state index in [0.29, 0.717) is 26.1 Å². The second-order valence-electron chi connectivity index (χ2n) is 4.26. The topological polar surface area (TPSA) is 43.4 Å². The lowest BCUT2D eigenvalue weighted by atomic mass is 10.0. The summed E-state index contributed by atoms with van der Waals surface area (Å²) in [6.07, 6.45) is 3.93. The van der Waals surface area contributed by atoms with Crippen LogP contribution in [0.25, 0.3) is 0 Å². The van der Waals surface area contributed by atoms with Gasteiger partial charge in [0.1, 0.15) is 11.6 Å². The molecule has 0 aliphatic heterocycles. The zero-order valence-corrected chi connectivity index (χ0v) is 10.8. The Morgan fingerprint density at radius 3 is 1.65 bits per heavy atom. The zero-order chi connectivity index (χ0) is 13.3. The van der Waals surface area contributed by atoms with E-state index in [1.165, 1.54) is 0 Å². The number of ketones is 2. The van der Waals surface area contributed by atoms with Gasteiger partial charge in [-0.15, -0.1) is 13.2 Å². The van der Waals surface area contributed by atoms with Gasteiger partial charge in [-0.1, -0.05) is 26.0 Å². The van der Waals surface area contributed by atoms with Gasteiger partial charge in [-0.25, -0.2) is 0 Å². The number of carbonyl (C=O) groups excluding carboxylic acids is 2. The quantitative estimate of drug-likeness (QED) is 0.549. The molecule has 0 saturated carbocycles. The second kappa shape index (κ2) is 8.88.